The highest BCUT2D eigenvalue weighted by Crippen LogP contribution is 2.29. The molecule has 1 saturated heterocycles. The van der Waals surface area contributed by atoms with Crippen molar-refractivity contribution in [3.05, 3.63) is 10.4 Å². The van der Waals surface area contributed by atoms with Gasteiger partial charge < -0.3 is 4.74 Å². The van der Waals surface area contributed by atoms with Crippen LogP contribution in [0.3, 0.4) is 0 Å². The molecule has 0 amide bonds. The van der Waals surface area contributed by atoms with Crippen LogP contribution in [-0.2, 0) is 4.74 Å². The Bertz CT molecular complexity index is 172. The summed E-state index contributed by atoms with van der Waals surface area (Å²) in [4.78, 5) is 2.76. The van der Waals surface area contributed by atoms with E-state index >= 15 is 0 Å². The minimum atomic E-state index is 0.0116. The van der Waals surface area contributed by atoms with Crippen LogP contribution in [0.1, 0.15) is 13.8 Å². The number of nitrogens with zero attached hydrogens (tertiary/aromatic N) is 3. The van der Waals surface area contributed by atoms with Crippen molar-refractivity contribution in [3.63, 3.8) is 0 Å². The zero-order valence-corrected chi connectivity index (χ0v) is 6.24. The van der Waals surface area contributed by atoms with E-state index in [1.807, 2.05) is 13.8 Å². The molecule has 0 saturated carbocycles. The van der Waals surface area contributed by atoms with Crippen molar-refractivity contribution in [2.75, 3.05) is 13.2 Å². The lowest BCUT2D eigenvalue weighted by Crippen LogP contribution is -2.24. The molecule has 0 aliphatic carbocycles. The maximum Gasteiger partial charge on any atom is 0.0680 e. The predicted molar refractivity (Wildman–Crippen MR) is 37.5 cm³/mol. The van der Waals surface area contributed by atoms with Gasteiger partial charge in [-0.2, -0.15) is 0 Å². The summed E-state index contributed by atoms with van der Waals surface area (Å²) in [6.07, 6.45) is 0. The number of ether oxygens (including phenoxy) is 1. The fourth-order valence-corrected chi connectivity index (χ4v) is 1.01. The lowest BCUT2D eigenvalue weighted by Gasteiger charge is -2.19. The van der Waals surface area contributed by atoms with Crippen LogP contribution in [0.25, 0.3) is 10.4 Å². The molecule has 0 radical (unpaired) electrons. The Morgan fingerprint density at radius 1 is 1.70 bits per heavy atom. The molecule has 1 aliphatic rings. The van der Waals surface area contributed by atoms with E-state index in [1.54, 1.807) is 0 Å². The lowest BCUT2D eigenvalue weighted by molar-refractivity contribution is 0.167. The normalized spacial score (nSPS) is 29.6. The standard InChI is InChI=1S/C6H11N3O/c1-6(2)4-10-3-5(6)8-9-7/h5H,3-4H2,1-2H3. The first kappa shape index (κ1) is 7.38. The summed E-state index contributed by atoms with van der Waals surface area (Å²) in [6, 6.07) is 0.0116. The second kappa shape index (κ2) is 2.48. The summed E-state index contributed by atoms with van der Waals surface area (Å²) in [6.45, 7) is 5.34. The highest BCUT2D eigenvalue weighted by molar-refractivity contribution is 4.88. The molecule has 1 aliphatic heterocycles. The van der Waals surface area contributed by atoms with E-state index in [0.29, 0.717) is 13.2 Å². The maximum absolute atomic E-state index is 8.16. The highest BCUT2D eigenvalue weighted by Gasteiger charge is 2.34. The van der Waals surface area contributed by atoms with Crippen molar-refractivity contribution < 1.29 is 4.74 Å². The van der Waals surface area contributed by atoms with Gasteiger partial charge in [-0.1, -0.05) is 19.0 Å². The van der Waals surface area contributed by atoms with Crippen LogP contribution in [0.2, 0.25) is 0 Å². The SMILES string of the molecule is CC1(C)COCC1N=[N+]=[N-]. The summed E-state index contributed by atoms with van der Waals surface area (Å²) in [7, 11) is 0. The van der Waals surface area contributed by atoms with E-state index in [-0.39, 0.29) is 11.5 Å². The third-order valence-electron chi connectivity index (χ3n) is 1.84. The third kappa shape index (κ3) is 1.23. The first-order chi connectivity index (χ1) is 4.67. The maximum atomic E-state index is 8.16. The van der Waals surface area contributed by atoms with Gasteiger partial charge in [0.25, 0.3) is 0 Å². The van der Waals surface area contributed by atoms with Gasteiger partial charge in [0.1, 0.15) is 0 Å². The van der Waals surface area contributed by atoms with Crippen LogP contribution in [0, 0.1) is 5.41 Å². The summed E-state index contributed by atoms with van der Waals surface area (Å²) in [5, 5.41) is 3.63. The van der Waals surface area contributed by atoms with Crippen molar-refractivity contribution in [3.8, 4) is 0 Å². The second-order valence-corrected chi connectivity index (χ2v) is 3.22. The van der Waals surface area contributed by atoms with Crippen LogP contribution in [-0.4, -0.2) is 19.3 Å². The van der Waals surface area contributed by atoms with Crippen LogP contribution in [0.15, 0.2) is 5.11 Å². The second-order valence-electron chi connectivity index (χ2n) is 3.22. The van der Waals surface area contributed by atoms with Crippen LogP contribution in [0.5, 0.6) is 0 Å². The Morgan fingerprint density at radius 3 is 2.80 bits per heavy atom. The zero-order chi connectivity index (χ0) is 7.61. The average molecular weight is 141 g/mol. The van der Waals surface area contributed by atoms with Gasteiger partial charge in [0.05, 0.1) is 19.3 Å². The molecule has 10 heavy (non-hydrogen) atoms. The summed E-state index contributed by atoms with van der Waals surface area (Å²) < 4.78 is 5.16. The molecular weight excluding hydrogens is 130 g/mol. The van der Waals surface area contributed by atoms with Crippen molar-refractivity contribution in [2.45, 2.75) is 19.9 Å². The molecule has 0 aromatic carbocycles. The molecular formula is C6H11N3O. The molecule has 0 aromatic heterocycles. The predicted octanol–water partition coefficient (Wildman–Crippen LogP) is 1.72. The highest BCUT2D eigenvalue weighted by atomic mass is 16.5. The first-order valence-electron chi connectivity index (χ1n) is 3.29. The summed E-state index contributed by atoms with van der Waals surface area (Å²) >= 11 is 0. The molecule has 4 nitrogen and oxygen atoms in total. The minimum Gasteiger partial charge on any atom is -0.380 e. The zero-order valence-electron chi connectivity index (χ0n) is 6.24. The quantitative estimate of drug-likeness (QED) is 0.311. The smallest absolute Gasteiger partial charge is 0.0680 e. The molecule has 1 fully saturated rings. The molecule has 1 atom stereocenters. The van der Waals surface area contributed by atoms with Gasteiger partial charge in [0, 0.05) is 4.91 Å². The van der Waals surface area contributed by atoms with Crippen LogP contribution in [0.4, 0.5) is 0 Å². The van der Waals surface area contributed by atoms with Gasteiger partial charge >= 0.3 is 0 Å². The fourth-order valence-electron chi connectivity index (χ4n) is 1.01. The molecule has 0 aromatic rings. The van der Waals surface area contributed by atoms with Crippen molar-refractivity contribution in [2.24, 2.45) is 10.5 Å². The van der Waals surface area contributed by atoms with Crippen LogP contribution < -0.4 is 0 Å². The van der Waals surface area contributed by atoms with Gasteiger partial charge in [0.2, 0.25) is 0 Å². The molecule has 1 unspecified atom stereocenters. The summed E-state index contributed by atoms with van der Waals surface area (Å²) in [5.74, 6) is 0. The number of hydrogen-bond acceptors (Lipinski definition) is 2. The largest absolute Gasteiger partial charge is 0.380 e. The minimum absolute atomic E-state index is 0.0116. The Morgan fingerprint density at radius 2 is 2.40 bits per heavy atom. The Hall–Kier alpha value is -0.730. The first-order valence-corrected chi connectivity index (χ1v) is 3.29. The molecule has 0 bridgehead atoms. The third-order valence-corrected chi connectivity index (χ3v) is 1.84. The fraction of sp³-hybridized carbons (Fsp3) is 1.00. The Balaban J connectivity index is 2.68. The lowest BCUT2D eigenvalue weighted by atomic mass is 9.89. The molecule has 0 N–H and O–H groups in total. The van der Waals surface area contributed by atoms with Crippen molar-refractivity contribution >= 4 is 0 Å². The van der Waals surface area contributed by atoms with Gasteiger partial charge in [0.15, 0.2) is 0 Å². The van der Waals surface area contributed by atoms with Gasteiger partial charge in [-0.3, -0.25) is 0 Å². The molecule has 0 spiro atoms. The average Bonchev–Trinajstić information content (AvgIpc) is 2.13. The van der Waals surface area contributed by atoms with E-state index in [4.69, 9.17) is 10.3 Å². The molecule has 1 rings (SSSR count). The Labute approximate surface area is 59.8 Å². The van der Waals surface area contributed by atoms with E-state index in [0.717, 1.165) is 0 Å². The Kier molecular flexibility index (Phi) is 1.83. The van der Waals surface area contributed by atoms with Gasteiger partial charge in [-0.25, -0.2) is 0 Å². The van der Waals surface area contributed by atoms with E-state index < -0.39 is 0 Å². The van der Waals surface area contributed by atoms with E-state index in [2.05, 4.69) is 10.0 Å². The van der Waals surface area contributed by atoms with Crippen molar-refractivity contribution in [1.29, 1.82) is 0 Å². The molecule has 1 heterocycles. The topological polar surface area (TPSA) is 58.0 Å². The summed E-state index contributed by atoms with van der Waals surface area (Å²) in [5.41, 5.74) is 8.18. The van der Waals surface area contributed by atoms with Gasteiger partial charge in [-0.15, -0.1) is 0 Å². The number of azide groups is 1. The van der Waals surface area contributed by atoms with E-state index in [9.17, 15) is 0 Å². The van der Waals surface area contributed by atoms with E-state index in [1.165, 1.54) is 0 Å². The number of hydrogen-bond donors (Lipinski definition) is 0. The monoisotopic (exact) mass is 141 g/mol. The van der Waals surface area contributed by atoms with Gasteiger partial charge in [-0.05, 0) is 10.9 Å². The molecule has 56 valence electrons. The van der Waals surface area contributed by atoms with Crippen molar-refractivity contribution in [1.82, 2.24) is 0 Å². The molecule has 4 heteroatoms. The number of rotatable bonds is 1. The van der Waals surface area contributed by atoms with Crippen LogP contribution >= 0.6 is 0 Å².